The third-order valence-electron chi connectivity index (χ3n) is 3.63. The summed E-state index contributed by atoms with van der Waals surface area (Å²) in [6.45, 7) is 13.5. The molecule has 1 aromatic rings. The lowest BCUT2D eigenvalue weighted by atomic mass is 10.0. The fourth-order valence-corrected chi connectivity index (χ4v) is 2.69. The lowest BCUT2D eigenvalue weighted by molar-refractivity contribution is -0.0277. The maximum absolute atomic E-state index is 5.81. The predicted octanol–water partition coefficient (Wildman–Crippen LogP) is 3.05. The summed E-state index contributed by atoms with van der Waals surface area (Å²) in [6.07, 6.45) is 0. The van der Waals surface area contributed by atoms with Crippen molar-refractivity contribution < 1.29 is 4.74 Å². The maximum Gasteiger partial charge on any atom is 0.0801 e. The molecule has 2 rings (SSSR count). The number of nitrogens with one attached hydrogen (secondary N) is 1. The molecule has 1 aromatic carbocycles. The number of hydrogen-bond acceptors (Lipinski definition) is 3. The van der Waals surface area contributed by atoms with E-state index in [-0.39, 0.29) is 5.60 Å². The molecule has 0 spiro atoms. The standard InChI is InChI=1S/C17H28N2O/c1-14(2)11-18-12-15-7-5-6-8-16(15)19-9-10-20-17(3,4)13-19/h5-8,14,18H,9-13H2,1-4H3. The molecule has 1 saturated heterocycles. The van der Waals surface area contributed by atoms with Gasteiger partial charge in [-0.1, -0.05) is 32.0 Å². The average Bonchev–Trinajstić information content (AvgIpc) is 2.37. The first-order valence-electron chi connectivity index (χ1n) is 7.65. The molecule has 0 bridgehead atoms. The summed E-state index contributed by atoms with van der Waals surface area (Å²) >= 11 is 0. The van der Waals surface area contributed by atoms with Crippen LogP contribution in [0, 0.1) is 5.92 Å². The zero-order chi connectivity index (χ0) is 14.6. The predicted molar refractivity (Wildman–Crippen MR) is 85.2 cm³/mol. The van der Waals surface area contributed by atoms with E-state index in [1.807, 2.05) is 0 Å². The van der Waals surface area contributed by atoms with Gasteiger partial charge in [-0.25, -0.2) is 0 Å². The molecule has 0 saturated carbocycles. The number of benzene rings is 1. The highest BCUT2D eigenvalue weighted by molar-refractivity contribution is 5.54. The second kappa shape index (κ2) is 6.59. The molecule has 1 N–H and O–H groups in total. The molecule has 0 radical (unpaired) electrons. The van der Waals surface area contributed by atoms with Gasteiger partial charge in [0.1, 0.15) is 0 Å². The van der Waals surface area contributed by atoms with Crippen LogP contribution in [0.1, 0.15) is 33.3 Å². The van der Waals surface area contributed by atoms with E-state index in [1.54, 1.807) is 0 Å². The van der Waals surface area contributed by atoms with Crippen LogP contribution < -0.4 is 10.2 Å². The van der Waals surface area contributed by atoms with E-state index in [2.05, 4.69) is 62.2 Å². The largest absolute Gasteiger partial charge is 0.372 e. The molecule has 3 heteroatoms. The zero-order valence-corrected chi connectivity index (χ0v) is 13.3. The maximum atomic E-state index is 5.81. The molecule has 1 aliphatic rings. The van der Waals surface area contributed by atoms with Crippen molar-refractivity contribution in [2.45, 2.75) is 39.8 Å². The van der Waals surface area contributed by atoms with Crippen molar-refractivity contribution in [2.24, 2.45) is 5.92 Å². The fourth-order valence-electron chi connectivity index (χ4n) is 2.69. The fraction of sp³-hybridized carbons (Fsp3) is 0.647. The van der Waals surface area contributed by atoms with Gasteiger partial charge in [-0.15, -0.1) is 0 Å². The molecular formula is C17H28N2O. The van der Waals surface area contributed by atoms with Crippen LogP contribution >= 0.6 is 0 Å². The van der Waals surface area contributed by atoms with Crippen LogP contribution in [-0.2, 0) is 11.3 Å². The van der Waals surface area contributed by atoms with Gasteiger partial charge < -0.3 is 15.0 Å². The Kier molecular flexibility index (Phi) is 5.06. The molecule has 0 amide bonds. The van der Waals surface area contributed by atoms with E-state index in [0.717, 1.165) is 32.8 Å². The SMILES string of the molecule is CC(C)CNCc1ccccc1N1CCOC(C)(C)C1. The molecule has 1 fully saturated rings. The Bertz CT molecular complexity index is 429. The number of rotatable bonds is 5. The van der Waals surface area contributed by atoms with Crippen LogP contribution in [0.5, 0.6) is 0 Å². The van der Waals surface area contributed by atoms with Gasteiger partial charge in [0.05, 0.1) is 12.2 Å². The Labute approximate surface area is 123 Å². The van der Waals surface area contributed by atoms with Crippen molar-refractivity contribution in [3.05, 3.63) is 29.8 Å². The number of anilines is 1. The summed E-state index contributed by atoms with van der Waals surface area (Å²) in [4.78, 5) is 2.45. The van der Waals surface area contributed by atoms with E-state index < -0.39 is 0 Å². The molecule has 1 heterocycles. The number of ether oxygens (including phenoxy) is 1. The monoisotopic (exact) mass is 276 g/mol. The Morgan fingerprint density at radius 2 is 2.05 bits per heavy atom. The molecule has 0 unspecified atom stereocenters. The molecule has 3 nitrogen and oxygen atoms in total. The molecule has 112 valence electrons. The van der Waals surface area contributed by atoms with Gasteiger partial charge in [-0.2, -0.15) is 0 Å². The van der Waals surface area contributed by atoms with E-state index in [9.17, 15) is 0 Å². The zero-order valence-electron chi connectivity index (χ0n) is 13.3. The molecule has 20 heavy (non-hydrogen) atoms. The third kappa shape index (κ3) is 4.22. The van der Waals surface area contributed by atoms with Gasteiger partial charge >= 0.3 is 0 Å². The van der Waals surface area contributed by atoms with Gasteiger partial charge in [0.25, 0.3) is 0 Å². The second-order valence-electron chi connectivity index (χ2n) is 6.68. The van der Waals surface area contributed by atoms with Crippen LogP contribution in [-0.4, -0.2) is 31.8 Å². The quantitative estimate of drug-likeness (QED) is 0.894. The van der Waals surface area contributed by atoms with Crippen molar-refractivity contribution in [1.82, 2.24) is 5.32 Å². The lowest BCUT2D eigenvalue weighted by Crippen LogP contribution is -2.48. The van der Waals surface area contributed by atoms with E-state index in [1.165, 1.54) is 11.3 Å². The first-order chi connectivity index (χ1) is 9.48. The van der Waals surface area contributed by atoms with Crippen molar-refractivity contribution in [3.8, 4) is 0 Å². The summed E-state index contributed by atoms with van der Waals surface area (Å²) in [7, 11) is 0. The molecule has 1 aliphatic heterocycles. The minimum Gasteiger partial charge on any atom is -0.372 e. The minimum absolute atomic E-state index is 0.0588. The van der Waals surface area contributed by atoms with Crippen molar-refractivity contribution >= 4 is 5.69 Å². The van der Waals surface area contributed by atoms with Crippen LogP contribution in [0.2, 0.25) is 0 Å². The highest BCUT2D eigenvalue weighted by Gasteiger charge is 2.28. The highest BCUT2D eigenvalue weighted by atomic mass is 16.5. The van der Waals surface area contributed by atoms with Crippen LogP contribution in [0.25, 0.3) is 0 Å². The number of hydrogen-bond donors (Lipinski definition) is 1. The first-order valence-corrected chi connectivity index (χ1v) is 7.65. The lowest BCUT2D eigenvalue weighted by Gasteiger charge is -2.40. The molecule has 0 aliphatic carbocycles. The Morgan fingerprint density at radius 1 is 1.30 bits per heavy atom. The van der Waals surface area contributed by atoms with Crippen LogP contribution in [0.3, 0.4) is 0 Å². The summed E-state index contributed by atoms with van der Waals surface area (Å²) in [5, 5.41) is 3.54. The Balaban J connectivity index is 2.07. The topological polar surface area (TPSA) is 24.5 Å². The number of para-hydroxylation sites is 1. The van der Waals surface area contributed by atoms with Crippen molar-refractivity contribution in [2.75, 3.05) is 31.1 Å². The molecule has 0 aromatic heterocycles. The Morgan fingerprint density at radius 3 is 2.75 bits per heavy atom. The van der Waals surface area contributed by atoms with Crippen LogP contribution in [0.4, 0.5) is 5.69 Å². The van der Waals surface area contributed by atoms with Crippen LogP contribution in [0.15, 0.2) is 24.3 Å². The van der Waals surface area contributed by atoms with Gasteiger partial charge in [0.2, 0.25) is 0 Å². The molecule has 0 atom stereocenters. The van der Waals surface area contributed by atoms with E-state index in [0.29, 0.717) is 5.92 Å². The van der Waals surface area contributed by atoms with Gasteiger partial charge in [0.15, 0.2) is 0 Å². The third-order valence-corrected chi connectivity index (χ3v) is 3.63. The van der Waals surface area contributed by atoms with E-state index in [4.69, 9.17) is 4.74 Å². The van der Waals surface area contributed by atoms with Crippen molar-refractivity contribution in [3.63, 3.8) is 0 Å². The summed E-state index contributed by atoms with van der Waals surface area (Å²) in [5.41, 5.74) is 2.67. The average molecular weight is 276 g/mol. The Hall–Kier alpha value is -1.06. The molecular weight excluding hydrogens is 248 g/mol. The number of morpholine rings is 1. The van der Waals surface area contributed by atoms with Gasteiger partial charge in [-0.05, 0) is 37.9 Å². The summed E-state index contributed by atoms with van der Waals surface area (Å²) in [5.74, 6) is 0.685. The van der Waals surface area contributed by atoms with Gasteiger partial charge in [0, 0.05) is 25.3 Å². The second-order valence-corrected chi connectivity index (χ2v) is 6.68. The smallest absolute Gasteiger partial charge is 0.0801 e. The first kappa shape index (κ1) is 15.3. The highest BCUT2D eigenvalue weighted by Crippen LogP contribution is 2.26. The van der Waals surface area contributed by atoms with Gasteiger partial charge in [-0.3, -0.25) is 0 Å². The summed E-state index contributed by atoms with van der Waals surface area (Å²) < 4.78 is 5.81. The van der Waals surface area contributed by atoms with Crippen molar-refractivity contribution in [1.29, 1.82) is 0 Å². The summed E-state index contributed by atoms with van der Waals surface area (Å²) in [6, 6.07) is 8.71. The normalized spacial score (nSPS) is 18.6. The number of nitrogens with zero attached hydrogens (tertiary/aromatic N) is 1. The van der Waals surface area contributed by atoms with E-state index >= 15 is 0 Å². The minimum atomic E-state index is -0.0588.